The van der Waals surface area contributed by atoms with Crippen LogP contribution in [0.3, 0.4) is 0 Å². The molecule has 119 valence electrons. The second-order valence-corrected chi connectivity index (χ2v) is 5.72. The van der Waals surface area contributed by atoms with Crippen molar-refractivity contribution in [3.63, 3.8) is 0 Å². The van der Waals surface area contributed by atoms with Gasteiger partial charge in [0.2, 0.25) is 0 Å². The second-order valence-electron chi connectivity index (χ2n) is 4.32. The summed E-state index contributed by atoms with van der Waals surface area (Å²) >= 11 is 0. The standard InChI is InChI=1S/C16H18O4Si.Re.Rf/c17-9-11-19-13-1-5-15(6-2-13)21-16-7-3-14(4-8-16)20-12-10-18;;/h1-8,17-18H,9-12H2;;. The minimum atomic E-state index is 0. The van der Waals surface area contributed by atoms with Crippen LogP contribution < -0.4 is 19.8 Å². The van der Waals surface area contributed by atoms with E-state index in [0.29, 0.717) is 22.7 Å². The van der Waals surface area contributed by atoms with Gasteiger partial charge in [-0.05, 0) is 24.3 Å². The number of benzene rings is 2. The molecule has 0 amide bonds. The van der Waals surface area contributed by atoms with Crippen molar-refractivity contribution in [1.29, 1.82) is 0 Å². The molecule has 2 rings (SSSR count). The maximum absolute atomic E-state index is 8.71. The summed E-state index contributed by atoms with van der Waals surface area (Å²) in [6.45, 7) is 0.677. The molecule has 0 heterocycles. The van der Waals surface area contributed by atoms with Gasteiger partial charge in [0.15, 0.2) is 0 Å². The van der Waals surface area contributed by atoms with Crippen LogP contribution in [0.1, 0.15) is 0 Å². The summed E-state index contributed by atoms with van der Waals surface area (Å²) in [5.74, 6) is 1.54. The van der Waals surface area contributed by atoms with Gasteiger partial charge in [0.05, 0.1) is 13.2 Å². The fourth-order valence-corrected chi connectivity index (χ4v) is 2.76. The van der Waals surface area contributed by atoms with E-state index in [1.54, 1.807) is 0 Å². The zero-order valence-electron chi connectivity index (χ0n) is 12.7. The molecular formula is C16H18O4ReRfSi. The molecule has 4 nitrogen and oxygen atoms in total. The first-order chi connectivity index (χ1) is 10.3. The monoisotopic (exact) mass is 756 g/mol. The van der Waals surface area contributed by atoms with E-state index in [0.717, 1.165) is 11.5 Å². The van der Waals surface area contributed by atoms with Crippen molar-refractivity contribution in [2.75, 3.05) is 26.4 Å². The van der Waals surface area contributed by atoms with E-state index in [9.17, 15) is 0 Å². The maximum Gasteiger partial charge on any atom is 0.121 e. The Kier molecular flexibility index (Phi) is 10.3. The van der Waals surface area contributed by atoms with Gasteiger partial charge in [-0.15, -0.1) is 0 Å². The normalized spacial score (nSPS) is 9.48. The SMILES string of the molecule is OCCOc1ccc([Si]c2ccc(OCCO)cc2)cc1.[Re].[Rf]. The average molecular weight is 756 g/mol. The first-order valence-electron chi connectivity index (χ1n) is 6.76. The Morgan fingerprint density at radius 2 is 1.04 bits per heavy atom. The van der Waals surface area contributed by atoms with Gasteiger partial charge in [-0.1, -0.05) is 34.6 Å². The third-order valence-electron chi connectivity index (χ3n) is 2.72. The summed E-state index contributed by atoms with van der Waals surface area (Å²) in [4.78, 5) is 0. The first-order valence-corrected chi connectivity index (χ1v) is 7.76. The van der Waals surface area contributed by atoms with Crippen molar-refractivity contribution in [2.45, 2.75) is 0 Å². The first kappa shape index (κ1) is 20.8. The summed E-state index contributed by atoms with van der Waals surface area (Å²) in [6.07, 6.45) is 0. The van der Waals surface area contributed by atoms with Crippen molar-refractivity contribution in [3.05, 3.63) is 48.5 Å². The minimum absolute atomic E-state index is 0. The molecule has 2 aromatic carbocycles. The smallest absolute Gasteiger partial charge is 0.121 e. The van der Waals surface area contributed by atoms with Crippen molar-refractivity contribution < 1.29 is 40.1 Å². The molecule has 2 N–H and O–H groups in total. The number of aliphatic hydroxyl groups is 2. The quantitative estimate of drug-likeness (QED) is 0.376. The van der Waals surface area contributed by atoms with Gasteiger partial charge in [-0.25, -0.2) is 0 Å². The van der Waals surface area contributed by atoms with Crippen molar-refractivity contribution in [3.8, 4) is 11.5 Å². The predicted octanol–water partition coefficient (Wildman–Crippen LogP) is 0.0813. The topological polar surface area (TPSA) is 58.9 Å². The van der Waals surface area contributed by atoms with Crippen LogP contribution in [0.4, 0.5) is 0 Å². The van der Waals surface area contributed by atoms with E-state index >= 15 is 0 Å². The van der Waals surface area contributed by atoms with Crippen LogP contribution in [-0.2, 0) is 20.4 Å². The maximum atomic E-state index is 8.71. The van der Waals surface area contributed by atoms with Crippen molar-refractivity contribution in [1.82, 2.24) is 0 Å². The molecule has 0 aromatic heterocycles. The summed E-state index contributed by atoms with van der Waals surface area (Å²) in [5.41, 5.74) is 0. The van der Waals surface area contributed by atoms with Crippen LogP contribution >= 0.6 is 0 Å². The van der Waals surface area contributed by atoms with E-state index < -0.39 is 0 Å². The fraction of sp³-hybridized carbons (Fsp3) is 0.250. The fourth-order valence-electron chi connectivity index (χ4n) is 1.76. The molecule has 2 aromatic rings. The predicted molar refractivity (Wildman–Crippen MR) is 83.1 cm³/mol. The van der Waals surface area contributed by atoms with E-state index in [1.165, 1.54) is 10.4 Å². The molecule has 0 saturated heterocycles. The molecule has 3 radical (unpaired) electrons. The van der Waals surface area contributed by atoms with Crippen LogP contribution in [0.2, 0.25) is 0 Å². The Bertz CT molecular complexity index is 487. The molecule has 0 unspecified atom stereocenters. The number of ether oxygens (including phenoxy) is 2. The van der Waals surface area contributed by atoms with E-state index in [1.807, 2.05) is 48.5 Å². The van der Waals surface area contributed by atoms with Crippen LogP contribution in [0.25, 0.3) is 0 Å². The third kappa shape index (κ3) is 7.09. The number of hydrogen-bond donors (Lipinski definition) is 2. The molecule has 0 atom stereocenters. The van der Waals surface area contributed by atoms with E-state index in [2.05, 4.69) is 0 Å². The summed E-state index contributed by atoms with van der Waals surface area (Å²) in [5, 5.41) is 19.8. The van der Waals surface area contributed by atoms with Crippen LogP contribution in [0.5, 0.6) is 11.5 Å². The summed E-state index contributed by atoms with van der Waals surface area (Å²) < 4.78 is 10.7. The van der Waals surface area contributed by atoms with Gasteiger partial charge in [0, 0.05) is 20.4 Å². The molecular weight excluding hydrogens is 737 g/mol. The van der Waals surface area contributed by atoms with Crippen molar-refractivity contribution >= 4 is 19.9 Å². The summed E-state index contributed by atoms with van der Waals surface area (Å²) in [7, 11) is 0.564. The zero-order chi connectivity index (χ0) is 14.9. The Labute approximate surface area is 146 Å². The van der Waals surface area contributed by atoms with Gasteiger partial charge in [0.25, 0.3) is 0 Å². The Morgan fingerprint density at radius 1 is 0.696 bits per heavy atom. The third-order valence-corrected chi connectivity index (χ3v) is 3.96. The molecule has 23 heavy (non-hydrogen) atoms. The number of rotatable bonds is 8. The minimum Gasteiger partial charge on any atom is -0.491 e. The van der Waals surface area contributed by atoms with Crippen LogP contribution in [0, 0.1) is 0 Å². The Morgan fingerprint density at radius 3 is 1.35 bits per heavy atom. The molecule has 0 aliphatic rings. The second kappa shape index (κ2) is 11.4. The molecule has 0 spiro atoms. The summed E-state index contributed by atoms with van der Waals surface area (Å²) in [6, 6.07) is 15.8. The number of hydrogen-bond acceptors (Lipinski definition) is 4. The van der Waals surface area contributed by atoms with Gasteiger partial charge in [-0.2, -0.15) is 0 Å². The zero-order valence-corrected chi connectivity index (χ0v) is 22.9. The molecule has 0 aliphatic carbocycles. The van der Waals surface area contributed by atoms with Gasteiger partial charge >= 0.3 is 0 Å². The Hall–Kier alpha value is -2.16. The van der Waals surface area contributed by atoms with Gasteiger partial charge in [-0.3, -0.25) is 0 Å². The van der Waals surface area contributed by atoms with Gasteiger partial charge < -0.3 is 19.7 Å². The molecule has 0 fully saturated rings. The number of aliphatic hydroxyl groups excluding tert-OH is 2. The van der Waals surface area contributed by atoms with Crippen molar-refractivity contribution in [2.24, 2.45) is 0 Å². The largest absolute Gasteiger partial charge is 0.491 e. The van der Waals surface area contributed by atoms with Gasteiger partial charge in [0.1, 0.15) is 34.2 Å². The molecule has 7 heteroatoms. The van der Waals surface area contributed by atoms with Crippen LogP contribution in [-0.4, -0.2) is 46.2 Å². The molecule has 0 aliphatic heterocycles. The van der Waals surface area contributed by atoms with E-state index in [-0.39, 0.29) is 33.6 Å². The molecule has 0 bridgehead atoms. The van der Waals surface area contributed by atoms with Crippen LogP contribution in [0.15, 0.2) is 48.5 Å². The van der Waals surface area contributed by atoms with E-state index in [4.69, 9.17) is 19.7 Å². The molecule has 0 saturated carbocycles. The average Bonchev–Trinajstić information content (AvgIpc) is 2.53. The Balaban J connectivity index is 0.00000242.